The van der Waals surface area contributed by atoms with Gasteiger partial charge < -0.3 is 10.1 Å². The number of ether oxygens (including phenoxy) is 1. The lowest BCUT2D eigenvalue weighted by molar-refractivity contribution is 0.205. The van der Waals surface area contributed by atoms with E-state index in [4.69, 9.17) is 4.74 Å². The number of hydrogen-bond donors (Lipinski definition) is 1. The Morgan fingerprint density at radius 1 is 1.10 bits per heavy atom. The maximum absolute atomic E-state index is 6.12. The maximum Gasteiger partial charge on any atom is 0.122 e. The van der Waals surface area contributed by atoms with E-state index in [1.54, 1.807) is 0 Å². The second-order valence-electron chi connectivity index (χ2n) is 6.36. The highest BCUT2D eigenvalue weighted by atomic mass is 16.5. The molecule has 2 heteroatoms. The van der Waals surface area contributed by atoms with Crippen molar-refractivity contribution in [3.63, 3.8) is 0 Å². The molecule has 20 heavy (non-hydrogen) atoms. The Balaban J connectivity index is 2.48. The summed E-state index contributed by atoms with van der Waals surface area (Å²) in [5.74, 6) is 1.59. The van der Waals surface area contributed by atoms with Gasteiger partial charge in [-0.15, -0.1) is 0 Å². The van der Waals surface area contributed by atoms with Gasteiger partial charge >= 0.3 is 0 Å². The first-order valence-electron chi connectivity index (χ1n) is 7.90. The molecule has 2 nitrogen and oxygen atoms in total. The molecule has 0 aliphatic carbocycles. The Kier molecular flexibility index (Phi) is 7.08. The molecular formula is C18H31NO. The van der Waals surface area contributed by atoms with Gasteiger partial charge in [0.2, 0.25) is 0 Å². The van der Waals surface area contributed by atoms with E-state index in [0.717, 1.165) is 25.1 Å². The van der Waals surface area contributed by atoms with Gasteiger partial charge in [-0.05, 0) is 56.3 Å². The Labute approximate surface area is 124 Å². The van der Waals surface area contributed by atoms with Gasteiger partial charge in [-0.2, -0.15) is 0 Å². The second kappa shape index (κ2) is 8.31. The highest BCUT2D eigenvalue weighted by Crippen LogP contribution is 2.25. The second-order valence-corrected chi connectivity index (χ2v) is 6.36. The van der Waals surface area contributed by atoms with Crippen LogP contribution in [0.2, 0.25) is 0 Å². The molecule has 0 bridgehead atoms. The van der Waals surface area contributed by atoms with Gasteiger partial charge in [0.05, 0.1) is 6.10 Å². The Morgan fingerprint density at radius 3 is 2.40 bits per heavy atom. The molecule has 114 valence electrons. The van der Waals surface area contributed by atoms with E-state index in [0.29, 0.717) is 12.0 Å². The highest BCUT2D eigenvalue weighted by Gasteiger charge is 2.09. The van der Waals surface area contributed by atoms with Crippen molar-refractivity contribution in [3.05, 3.63) is 29.3 Å². The first-order valence-corrected chi connectivity index (χ1v) is 7.90. The van der Waals surface area contributed by atoms with Crippen molar-refractivity contribution in [1.82, 2.24) is 5.32 Å². The van der Waals surface area contributed by atoms with E-state index >= 15 is 0 Å². The van der Waals surface area contributed by atoms with Gasteiger partial charge in [-0.1, -0.05) is 39.8 Å². The van der Waals surface area contributed by atoms with Gasteiger partial charge in [0.25, 0.3) is 0 Å². The SMILES string of the molecule is Cc1ccc(C(C)C)cc1OC(C)CCCNC(C)C. The van der Waals surface area contributed by atoms with Crippen LogP contribution in [-0.2, 0) is 0 Å². The standard InChI is InChI=1S/C18H31NO/c1-13(2)17-10-9-15(5)18(12-17)20-16(6)8-7-11-19-14(3)4/h9-10,12-14,16,19H,7-8,11H2,1-6H3. The Hall–Kier alpha value is -1.02. The van der Waals surface area contributed by atoms with Gasteiger partial charge in [-0.3, -0.25) is 0 Å². The van der Waals surface area contributed by atoms with Crippen molar-refractivity contribution in [1.29, 1.82) is 0 Å². The molecule has 1 rings (SSSR count). The molecule has 0 saturated carbocycles. The molecule has 0 fully saturated rings. The topological polar surface area (TPSA) is 21.3 Å². The van der Waals surface area contributed by atoms with Crippen LogP contribution in [0.25, 0.3) is 0 Å². The summed E-state index contributed by atoms with van der Waals surface area (Å²) in [5, 5.41) is 3.44. The van der Waals surface area contributed by atoms with Crippen molar-refractivity contribution >= 4 is 0 Å². The maximum atomic E-state index is 6.12. The predicted molar refractivity (Wildman–Crippen MR) is 87.7 cm³/mol. The third-order valence-electron chi connectivity index (χ3n) is 3.55. The molecule has 1 aromatic carbocycles. The zero-order valence-electron chi connectivity index (χ0n) is 14.0. The van der Waals surface area contributed by atoms with Gasteiger partial charge in [0.1, 0.15) is 5.75 Å². The highest BCUT2D eigenvalue weighted by molar-refractivity contribution is 5.37. The smallest absolute Gasteiger partial charge is 0.122 e. The lowest BCUT2D eigenvalue weighted by atomic mass is 10.0. The van der Waals surface area contributed by atoms with E-state index in [9.17, 15) is 0 Å². The first kappa shape index (κ1) is 17.0. The fourth-order valence-electron chi connectivity index (χ4n) is 2.16. The van der Waals surface area contributed by atoms with Crippen molar-refractivity contribution < 1.29 is 4.74 Å². The summed E-state index contributed by atoms with van der Waals surface area (Å²) in [5.41, 5.74) is 2.57. The average Bonchev–Trinajstić information content (AvgIpc) is 2.37. The summed E-state index contributed by atoms with van der Waals surface area (Å²) in [6.45, 7) is 14.1. The lowest BCUT2D eigenvalue weighted by Gasteiger charge is -2.18. The van der Waals surface area contributed by atoms with Crippen LogP contribution in [0, 0.1) is 6.92 Å². The van der Waals surface area contributed by atoms with E-state index in [1.807, 2.05) is 0 Å². The number of rotatable bonds is 8. The van der Waals surface area contributed by atoms with E-state index in [1.165, 1.54) is 11.1 Å². The number of nitrogens with one attached hydrogen (secondary N) is 1. The van der Waals surface area contributed by atoms with Crippen LogP contribution in [-0.4, -0.2) is 18.7 Å². The summed E-state index contributed by atoms with van der Waals surface area (Å²) < 4.78 is 6.12. The van der Waals surface area contributed by atoms with Crippen LogP contribution >= 0.6 is 0 Å². The molecule has 0 aliphatic heterocycles. The first-order chi connectivity index (χ1) is 9.40. The van der Waals surface area contributed by atoms with E-state index in [-0.39, 0.29) is 6.10 Å². The quantitative estimate of drug-likeness (QED) is 0.698. The third kappa shape index (κ3) is 5.96. The van der Waals surface area contributed by atoms with Crippen LogP contribution in [0.1, 0.15) is 64.5 Å². The molecule has 1 aromatic rings. The monoisotopic (exact) mass is 277 g/mol. The number of benzene rings is 1. The molecule has 1 unspecified atom stereocenters. The van der Waals surface area contributed by atoms with Crippen molar-refractivity contribution in [2.24, 2.45) is 0 Å². The summed E-state index contributed by atoms with van der Waals surface area (Å²) in [7, 11) is 0. The molecule has 0 radical (unpaired) electrons. The van der Waals surface area contributed by atoms with Crippen LogP contribution in [0.15, 0.2) is 18.2 Å². The summed E-state index contributed by atoms with van der Waals surface area (Å²) >= 11 is 0. The number of aryl methyl sites for hydroxylation is 1. The molecular weight excluding hydrogens is 246 g/mol. The van der Waals surface area contributed by atoms with Crippen LogP contribution in [0.3, 0.4) is 0 Å². The summed E-state index contributed by atoms with van der Waals surface area (Å²) in [4.78, 5) is 0. The molecule has 0 aromatic heterocycles. The minimum atomic E-state index is 0.269. The van der Waals surface area contributed by atoms with Crippen molar-refractivity contribution in [3.8, 4) is 5.75 Å². The molecule has 0 amide bonds. The zero-order valence-corrected chi connectivity index (χ0v) is 14.0. The molecule has 0 spiro atoms. The van der Waals surface area contributed by atoms with Crippen molar-refractivity contribution in [2.75, 3.05) is 6.54 Å². The minimum Gasteiger partial charge on any atom is -0.490 e. The molecule has 0 aliphatic rings. The molecule has 0 heterocycles. The zero-order chi connectivity index (χ0) is 15.1. The Morgan fingerprint density at radius 2 is 1.80 bits per heavy atom. The minimum absolute atomic E-state index is 0.269. The third-order valence-corrected chi connectivity index (χ3v) is 3.55. The van der Waals surface area contributed by atoms with Gasteiger partial charge in [0, 0.05) is 6.04 Å². The van der Waals surface area contributed by atoms with Crippen LogP contribution < -0.4 is 10.1 Å². The lowest BCUT2D eigenvalue weighted by Crippen LogP contribution is -2.25. The van der Waals surface area contributed by atoms with E-state index in [2.05, 4.69) is 65.1 Å². The van der Waals surface area contributed by atoms with Gasteiger partial charge in [-0.25, -0.2) is 0 Å². The fraction of sp³-hybridized carbons (Fsp3) is 0.667. The molecule has 0 saturated heterocycles. The average molecular weight is 277 g/mol. The van der Waals surface area contributed by atoms with Crippen molar-refractivity contribution in [2.45, 2.75) is 72.4 Å². The van der Waals surface area contributed by atoms with Crippen LogP contribution in [0.4, 0.5) is 0 Å². The molecule has 1 atom stereocenters. The summed E-state index contributed by atoms with van der Waals surface area (Å²) in [6.07, 6.45) is 2.51. The van der Waals surface area contributed by atoms with E-state index < -0.39 is 0 Å². The largest absolute Gasteiger partial charge is 0.490 e. The van der Waals surface area contributed by atoms with Gasteiger partial charge in [0.15, 0.2) is 0 Å². The Bertz CT molecular complexity index is 398. The number of hydrogen-bond acceptors (Lipinski definition) is 2. The van der Waals surface area contributed by atoms with Crippen LogP contribution in [0.5, 0.6) is 5.75 Å². The normalized spacial score (nSPS) is 13.0. The molecule has 1 N–H and O–H groups in total. The predicted octanol–water partition coefficient (Wildman–Crippen LogP) is 4.66. The summed E-state index contributed by atoms with van der Waals surface area (Å²) in [6, 6.07) is 7.13. The fourth-order valence-corrected chi connectivity index (χ4v) is 2.16.